The molecule has 2 unspecified atom stereocenters. The number of carbonyl (C=O) groups is 1. The van der Waals surface area contributed by atoms with Crippen molar-refractivity contribution in [2.24, 2.45) is 0 Å². The Morgan fingerprint density at radius 3 is 2.40 bits per heavy atom. The second-order valence-corrected chi connectivity index (χ2v) is 6.91. The third-order valence-electron chi connectivity index (χ3n) is 4.30. The van der Waals surface area contributed by atoms with Crippen LogP contribution in [0.4, 0.5) is 36.8 Å². The van der Waals surface area contributed by atoms with Crippen LogP contribution in [0.15, 0.2) is 18.2 Å². The van der Waals surface area contributed by atoms with E-state index < -0.39 is 31.6 Å². The van der Waals surface area contributed by atoms with Gasteiger partial charge in [-0.3, -0.25) is 0 Å². The summed E-state index contributed by atoms with van der Waals surface area (Å²) in [5, 5.41) is 8.24. The van der Waals surface area contributed by atoms with Crippen molar-refractivity contribution in [3.05, 3.63) is 18.2 Å². The molecule has 1 aliphatic heterocycles. The van der Waals surface area contributed by atoms with Gasteiger partial charge in [-0.25, -0.2) is 4.79 Å². The third kappa shape index (κ3) is 8.56. The van der Waals surface area contributed by atoms with Crippen molar-refractivity contribution in [3.8, 4) is 11.5 Å². The van der Waals surface area contributed by atoms with E-state index in [1.54, 1.807) is 6.92 Å². The van der Waals surface area contributed by atoms with E-state index in [9.17, 15) is 31.1 Å². The van der Waals surface area contributed by atoms with Gasteiger partial charge in [0.1, 0.15) is 11.5 Å². The molecule has 1 saturated heterocycles. The Balaban J connectivity index is 2.08. The fourth-order valence-electron chi connectivity index (χ4n) is 2.92. The molecule has 2 amide bonds. The van der Waals surface area contributed by atoms with E-state index >= 15 is 0 Å². The summed E-state index contributed by atoms with van der Waals surface area (Å²) in [6, 6.07) is 2.01. The smallest absolute Gasteiger partial charge is 0.422 e. The molecule has 2 atom stereocenters. The van der Waals surface area contributed by atoms with Gasteiger partial charge in [0, 0.05) is 18.2 Å². The lowest BCUT2D eigenvalue weighted by Crippen LogP contribution is -2.51. The van der Waals surface area contributed by atoms with E-state index in [-0.39, 0.29) is 29.3 Å². The maximum absolute atomic E-state index is 12.5. The Hall–Kier alpha value is -2.37. The molecular weight excluding hydrogens is 420 g/mol. The van der Waals surface area contributed by atoms with E-state index in [2.05, 4.69) is 25.4 Å². The molecule has 0 bridgehead atoms. The highest BCUT2D eigenvalue weighted by Gasteiger charge is 2.30. The number of halogens is 6. The van der Waals surface area contributed by atoms with Crippen molar-refractivity contribution >= 4 is 11.7 Å². The average Bonchev–Trinajstić information content (AvgIpc) is 2.65. The van der Waals surface area contributed by atoms with Crippen LogP contribution in [0.25, 0.3) is 0 Å². The van der Waals surface area contributed by atoms with E-state index in [1.165, 1.54) is 0 Å². The molecule has 1 aromatic carbocycles. The zero-order valence-electron chi connectivity index (χ0n) is 16.1. The third-order valence-corrected chi connectivity index (χ3v) is 4.30. The van der Waals surface area contributed by atoms with Gasteiger partial charge < -0.3 is 25.4 Å². The molecule has 3 N–H and O–H groups in total. The van der Waals surface area contributed by atoms with Gasteiger partial charge in [-0.2, -0.15) is 26.3 Å². The normalized spacial score (nSPS) is 18.4. The number of urea groups is 1. The van der Waals surface area contributed by atoms with Crippen LogP contribution in [0.3, 0.4) is 0 Å². The molecular formula is C18H23F6N3O3. The zero-order chi connectivity index (χ0) is 22.4. The van der Waals surface area contributed by atoms with Gasteiger partial charge in [0.2, 0.25) is 0 Å². The molecule has 0 spiro atoms. The second kappa shape index (κ2) is 10.1. The van der Waals surface area contributed by atoms with Crippen molar-refractivity contribution in [2.45, 2.75) is 50.6 Å². The number of hydrogen-bond donors (Lipinski definition) is 3. The Morgan fingerprint density at radius 1 is 1.13 bits per heavy atom. The van der Waals surface area contributed by atoms with Gasteiger partial charge >= 0.3 is 18.4 Å². The van der Waals surface area contributed by atoms with Crippen LogP contribution >= 0.6 is 0 Å². The number of amides is 2. The molecule has 2 rings (SSSR count). The molecule has 30 heavy (non-hydrogen) atoms. The SMILES string of the molecule is CC(NC(=O)Nc1cc(OCC(F)(F)F)ccc1OCC(F)(F)F)C1CCCCN1. The van der Waals surface area contributed by atoms with E-state index in [4.69, 9.17) is 0 Å². The van der Waals surface area contributed by atoms with Gasteiger partial charge in [0.15, 0.2) is 13.2 Å². The first kappa shape index (κ1) is 23.9. The maximum Gasteiger partial charge on any atom is 0.422 e. The van der Waals surface area contributed by atoms with Crippen LogP contribution < -0.4 is 25.4 Å². The zero-order valence-corrected chi connectivity index (χ0v) is 16.1. The molecule has 1 aromatic rings. The Kier molecular flexibility index (Phi) is 8.04. The maximum atomic E-state index is 12.5. The molecule has 0 aromatic heterocycles. The number of benzene rings is 1. The number of piperidine rings is 1. The van der Waals surface area contributed by atoms with Crippen LogP contribution in [0.1, 0.15) is 26.2 Å². The van der Waals surface area contributed by atoms with Crippen LogP contribution in [0.2, 0.25) is 0 Å². The lowest BCUT2D eigenvalue weighted by molar-refractivity contribution is -0.154. The first-order valence-corrected chi connectivity index (χ1v) is 9.27. The summed E-state index contributed by atoms with van der Waals surface area (Å²) >= 11 is 0. The van der Waals surface area contributed by atoms with E-state index in [0.29, 0.717) is 0 Å². The van der Waals surface area contributed by atoms with Crippen molar-refractivity contribution in [3.63, 3.8) is 0 Å². The summed E-state index contributed by atoms with van der Waals surface area (Å²) in [5.41, 5.74) is -0.250. The molecule has 170 valence electrons. The lowest BCUT2D eigenvalue weighted by Gasteiger charge is -2.29. The summed E-state index contributed by atoms with van der Waals surface area (Å²) in [6.07, 6.45) is -6.35. The minimum Gasteiger partial charge on any atom is -0.484 e. The second-order valence-electron chi connectivity index (χ2n) is 6.91. The predicted molar refractivity (Wildman–Crippen MR) is 96.8 cm³/mol. The van der Waals surface area contributed by atoms with Crippen molar-refractivity contribution < 1.29 is 40.6 Å². The largest absolute Gasteiger partial charge is 0.484 e. The van der Waals surface area contributed by atoms with E-state index in [1.807, 2.05) is 0 Å². The Labute approximate surface area is 169 Å². The number of rotatable bonds is 7. The quantitative estimate of drug-likeness (QED) is 0.552. The molecule has 1 aliphatic rings. The van der Waals surface area contributed by atoms with Crippen LogP contribution in [0, 0.1) is 0 Å². The van der Waals surface area contributed by atoms with Gasteiger partial charge in [-0.05, 0) is 38.4 Å². The summed E-state index contributed by atoms with van der Waals surface area (Å²) in [7, 11) is 0. The molecule has 0 saturated carbocycles. The molecule has 0 aliphatic carbocycles. The Bertz CT molecular complexity index is 705. The van der Waals surface area contributed by atoms with Crippen molar-refractivity contribution in [1.29, 1.82) is 0 Å². The van der Waals surface area contributed by atoms with Gasteiger partial charge in [0.25, 0.3) is 0 Å². The van der Waals surface area contributed by atoms with Crippen LogP contribution in [-0.4, -0.2) is 50.2 Å². The summed E-state index contributed by atoms with van der Waals surface area (Å²) in [6.45, 7) is -0.640. The number of ether oxygens (including phenoxy) is 2. The highest BCUT2D eigenvalue weighted by Crippen LogP contribution is 2.31. The number of carbonyl (C=O) groups excluding carboxylic acids is 1. The van der Waals surface area contributed by atoms with Crippen molar-refractivity contribution in [2.75, 3.05) is 25.1 Å². The number of alkyl halides is 6. The minimum atomic E-state index is -4.63. The number of nitrogens with one attached hydrogen (secondary N) is 3. The number of anilines is 1. The summed E-state index contributed by atoms with van der Waals surface area (Å²) in [5.74, 6) is -0.644. The molecule has 12 heteroatoms. The van der Waals surface area contributed by atoms with Crippen LogP contribution in [-0.2, 0) is 0 Å². The topological polar surface area (TPSA) is 71.6 Å². The summed E-state index contributed by atoms with van der Waals surface area (Å²) < 4.78 is 83.7. The Morgan fingerprint density at radius 2 is 1.80 bits per heavy atom. The fraction of sp³-hybridized carbons (Fsp3) is 0.611. The van der Waals surface area contributed by atoms with E-state index in [0.717, 1.165) is 44.0 Å². The van der Waals surface area contributed by atoms with Crippen LogP contribution in [0.5, 0.6) is 11.5 Å². The highest BCUT2D eigenvalue weighted by atomic mass is 19.4. The standard InChI is InChI=1S/C18H23F6N3O3/c1-11(13-4-2-3-7-25-13)26-16(28)27-14-8-12(29-9-17(19,20)21)5-6-15(14)30-10-18(22,23)24/h5-6,8,11,13,25H,2-4,7,9-10H2,1H3,(H2,26,27,28). The van der Waals surface area contributed by atoms with Gasteiger partial charge in [0.05, 0.1) is 5.69 Å². The average molecular weight is 443 g/mol. The minimum absolute atomic E-state index is 0.0342. The molecule has 6 nitrogen and oxygen atoms in total. The number of hydrogen-bond acceptors (Lipinski definition) is 4. The van der Waals surface area contributed by atoms with Gasteiger partial charge in [-0.15, -0.1) is 0 Å². The first-order valence-electron chi connectivity index (χ1n) is 9.27. The van der Waals surface area contributed by atoms with Crippen molar-refractivity contribution in [1.82, 2.24) is 10.6 Å². The molecule has 1 heterocycles. The highest BCUT2D eigenvalue weighted by molar-refractivity contribution is 5.91. The fourth-order valence-corrected chi connectivity index (χ4v) is 2.92. The van der Waals surface area contributed by atoms with Gasteiger partial charge in [-0.1, -0.05) is 6.42 Å². The lowest BCUT2D eigenvalue weighted by atomic mass is 9.99. The summed E-state index contributed by atoms with van der Waals surface area (Å²) in [4.78, 5) is 12.3. The predicted octanol–water partition coefficient (Wildman–Crippen LogP) is 4.22. The monoisotopic (exact) mass is 443 g/mol. The molecule has 1 fully saturated rings. The molecule has 0 radical (unpaired) electrons. The first-order chi connectivity index (χ1) is 13.9.